The largest absolute Gasteiger partial charge is 0.396 e. The van der Waals surface area contributed by atoms with E-state index in [1.165, 1.54) is 0 Å². The average Bonchev–Trinajstić information content (AvgIpc) is 2.89. The standard InChI is InChI=1S/C16H28N2O2/c1-4-16(5-2,6-3)17-15(20)13-18-11-7-9-14(18)10-8-12-19/h1,14,19H,5-13H2,2-3H3,(H,17,20). The molecule has 0 radical (unpaired) electrons. The van der Waals surface area contributed by atoms with E-state index in [9.17, 15) is 4.79 Å². The Morgan fingerprint density at radius 2 is 2.20 bits per heavy atom. The Hall–Kier alpha value is -1.05. The number of aliphatic hydroxyl groups is 1. The molecule has 0 aromatic rings. The van der Waals surface area contributed by atoms with Gasteiger partial charge in [-0.3, -0.25) is 9.69 Å². The topological polar surface area (TPSA) is 52.6 Å². The van der Waals surface area contributed by atoms with Gasteiger partial charge >= 0.3 is 0 Å². The molecule has 0 aromatic heterocycles. The van der Waals surface area contributed by atoms with Gasteiger partial charge in [0, 0.05) is 12.6 Å². The van der Waals surface area contributed by atoms with E-state index in [1.807, 2.05) is 13.8 Å². The molecule has 1 amide bonds. The lowest BCUT2D eigenvalue weighted by Gasteiger charge is -2.29. The zero-order valence-electron chi connectivity index (χ0n) is 12.8. The van der Waals surface area contributed by atoms with Crippen molar-refractivity contribution in [2.45, 2.75) is 64.0 Å². The molecule has 4 nitrogen and oxygen atoms in total. The fourth-order valence-electron chi connectivity index (χ4n) is 2.91. The molecule has 1 aliphatic heterocycles. The molecule has 1 heterocycles. The molecule has 1 saturated heterocycles. The summed E-state index contributed by atoms with van der Waals surface area (Å²) in [5.74, 6) is 2.75. The van der Waals surface area contributed by atoms with E-state index in [1.54, 1.807) is 0 Å². The van der Waals surface area contributed by atoms with E-state index in [0.717, 1.165) is 45.1 Å². The lowest BCUT2D eigenvalue weighted by Crippen LogP contribution is -2.50. The van der Waals surface area contributed by atoms with Crippen LogP contribution in [-0.4, -0.2) is 47.2 Å². The van der Waals surface area contributed by atoms with Gasteiger partial charge in [-0.25, -0.2) is 0 Å². The number of nitrogens with one attached hydrogen (secondary N) is 1. The predicted octanol–water partition coefficient (Wildman–Crippen LogP) is 1.53. The maximum absolute atomic E-state index is 12.2. The van der Waals surface area contributed by atoms with Crippen LogP contribution in [0, 0.1) is 12.3 Å². The van der Waals surface area contributed by atoms with Gasteiger partial charge in [-0.05, 0) is 45.1 Å². The number of terminal acetylenes is 1. The number of nitrogens with zero attached hydrogens (tertiary/aromatic N) is 1. The Kier molecular flexibility index (Phi) is 7.04. The molecule has 1 aliphatic rings. The first-order valence-corrected chi connectivity index (χ1v) is 7.74. The van der Waals surface area contributed by atoms with E-state index >= 15 is 0 Å². The number of carbonyl (C=O) groups is 1. The van der Waals surface area contributed by atoms with Crippen LogP contribution in [0.5, 0.6) is 0 Å². The van der Waals surface area contributed by atoms with Crippen molar-refractivity contribution < 1.29 is 9.90 Å². The van der Waals surface area contributed by atoms with Crippen molar-refractivity contribution in [2.75, 3.05) is 19.7 Å². The van der Waals surface area contributed by atoms with Crippen LogP contribution in [-0.2, 0) is 4.79 Å². The third kappa shape index (κ3) is 4.50. The maximum atomic E-state index is 12.2. The first-order valence-electron chi connectivity index (χ1n) is 7.74. The van der Waals surface area contributed by atoms with Gasteiger partial charge in [0.25, 0.3) is 0 Å². The maximum Gasteiger partial charge on any atom is 0.235 e. The summed E-state index contributed by atoms with van der Waals surface area (Å²) in [6.45, 7) is 5.61. The molecule has 0 aromatic carbocycles. The SMILES string of the molecule is C#CC(CC)(CC)NC(=O)CN1CCCC1CCCO. The molecule has 2 N–H and O–H groups in total. The number of aliphatic hydroxyl groups excluding tert-OH is 1. The molecule has 0 bridgehead atoms. The van der Waals surface area contributed by atoms with Crippen molar-refractivity contribution in [1.29, 1.82) is 0 Å². The van der Waals surface area contributed by atoms with Crippen LogP contribution in [0.25, 0.3) is 0 Å². The van der Waals surface area contributed by atoms with Crippen molar-refractivity contribution in [1.82, 2.24) is 10.2 Å². The first kappa shape index (κ1) is 17.0. The Balaban J connectivity index is 2.51. The van der Waals surface area contributed by atoms with E-state index in [4.69, 9.17) is 11.5 Å². The van der Waals surface area contributed by atoms with Crippen molar-refractivity contribution in [2.24, 2.45) is 0 Å². The molecule has 20 heavy (non-hydrogen) atoms. The zero-order chi connectivity index (χ0) is 15.0. The molecule has 1 atom stereocenters. The smallest absolute Gasteiger partial charge is 0.235 e. The molecular formula is C16H28N2O2. The van der Waals surface area contributed by atoms with Gasteiger partial charge in [0.1, 0.15) is 5.54 Å². The Labute approximate surface area is 122 Å². The summed E-state index contributed by atoms with van der Waals surface area (Å²) in [6, 6.07) is 0.427. The Morgan fingerprint density at radius 1 is 1.50 bits per heavy atom. The molecule has 1 rings (SSSR count). The molecule has 1 fully saturated rings. The normalized spacial score (nSPS) is 19.8. The van der Waals surface area contributed by atoms with Gasteiger partial charge in [-0.1, -0.05) is 19.8 Å². The van der Waals surface area contributed by atoms with Crippen LogP contribution < -0.4 is 5.32 Å². The van der Waals surface area contributed by atoms with Crippen molar-refractivity contribution in [3.05, 3.63) is 0 Å². The minimum absolute atomic E-state index is 0.0162. The summed E-state index contributed by atoms with van der Waals surface area (Å²) < 4.78 is 0. The molecular weight excluding hydrogens is 252 g/mol. The van der Waals surface area contributed by atoms with Crippen molar-refractivity contribution >= 4 is 5.91 Å². The van der Waals surface area contributed by atoms with Crippen LogP contribution >= 0.6 is 0 Å². The molecule has 0 spiro atoms. The summed E-state index contributed by atoms with van der Waals surface area (Å²) in [4.78, 5) is 14.4. The third-order valence-electron chi connectivity index (χ3n) is 4.40. The second kappa shape index (κ2) is 8.28. The highest BCUT2D eigenvalue weighted by molar-refractivity contribution is 5.79. The fraction of sp³-hybridized carbons (Fsp3) is 0.812. The highest BCUT2D eigenvalue weighted by Gasteiger charge is 2.29. The van der Waals surface area contributed by atoms with Gasteiger partial charge in [0.15, 0.2) is 0 Å². The lowest BCUT2D eigenvalue weighted by molar-refractivity contribution is -0.123. The monoisotopic (exact) mass is 280 g/mol. The van der Waals surface area contributed by atoms with Gasteiger partial charge in [-0.2, -0.15) is 0 Å². The number of hydrogen-bond acceptors (Lipinski definition) is 3. The number of hydrogen-bond donors (Lipinski definition) is 2. The number of carbonyl (C=O) groups excluding carboxylic acids is 1. The second-order valence-electron chi connectivity index (χ2n) is 5.61. The summed E-state index contributed by atoms with van der Waals surface area (Å²) in [6.07, 6.45) is 11.1. The number of rotatable bonds is 8. The van der Waals surface area contributed by atoms with E-state index in [-0.39, 0.29) is 12.5 Å². The molecule has 1 unspecified atom stereocenters. The van der Waals surface area contributed by atoms with Gasteiger partial charge < -0.3 is 10.4 Å². The van der Waals surface area contributed by atoms with E-state index < -0.39 is 5.54 Å². The fourth-order valence-corrected chi connectivity index (χ4v) is 2.91. The Morgan fingerprint density at radius 3 is 2.75 bits per heavy atom. The quantitative estimate of drug-likeness (QED) is 0.663. The molecule has 0 saturated carbocycles. The van der Waals surface area contributed by atoms with Crippen LogP contribution in [0.1, 0.15) is 52.4 Å². The van der Waals surface area contributed by atoms with Crippen LogP contribution in [0.15, 0.2) is 0 Å². The van der Waals surface area contributed by atoms with E-state index in [2.05, 4.69) is 16.1 Å². The van der Waals surface area contributed by atoms with Crippen LogP contribution in [0.4, 0.5) is 0 Å². The van der Waals surface area contributed by atoms with Crippen LogP contribution in [0.2, 0.25) is 0 Å². The lowest BCUT2D eigenvalue weighted by atomic mass is 9.94. The van der Waals surface area contributed by atoms with Gasteiger partial charge in [0.05, 0.1) is 6.54 Å². The first-order chi connectivity index (χ1) is 9.60. The molecule has 4 heteroatoms. The number of likely N-dealkylation sites (tertiary alicyclic amines) is 1. The highest BCUT2D eigenvalue weighted by Crippen LogP contribution is 2.21. The zero-order valence-corrected chi connectivity index (χ0v) is 12.8. The predicted molar refractivity (Wildman–Crippen MR) is 81.2 cm³/mol. The summed E-state index contributed by atoms with van der Waals surface area (Å²) in [5, 5.41) is 11.9. The molecule has 114 valence electrons. The minimum Gasteiger partial charge on any atom is -0.396 e. The minimum atomic E-state index is -0.503. The van der Waals surface area contributed by atoms with E-state index in [0.29, 0.717) is 12.6 Å². The average molecular weight is 280 g/mol. The highest BCUT2D eigenvalue weighted by atomic mass is 16.3. The van der Waals surface area contributed by atoms with Crippen LogP contribution in [0.3, 0.4) is 0 Å². The van der Waals surface area contributed by atoms with Crippen molar-refractivity contribution in [3.8, 4) is 12.3 Å². The van der Waals surface area contributed by atoms with Gasteiger partial charge in [-0.15, -0.1) is 6.42 Å². The summed E-state index contributed by atoms with van der Waals surface area (Å²) >= 11 is 0. The molecule has 0 aliphatic carbocycles. The summed E-state index contributed by atoms with van der Waals surface area (Å²) in [7, 11) is 0. The Bertz CT molecular complexity index is 345. The second-order valence-corrected chi connectivity index (χ2v) is 5.61. The number of amides is 1. The van der Waals surface area contributed by atoms with Gasteiger partial charge in [0.2, 0.25) is 5.91 Å². The third-order valence-corrected chi connectivity index (χ3v) is 4.40. The van der Waals surface area contributed by atoms with Crippen molar-refractivity contribution in [3.63, 3.8) is 0 Å². The summed E-state index contributed by atoms with van der Waals surface area (Å²) in [5.41, 5.74) is -0.503.